The van der Waals surface area contributed by atoms with Crippen LogP contribution in [0.5, 0.6) is 0 Å². The molecule has 10 heavy (non-hydrogen) atoms. The third-order valence-electron chi connectivity index (χ3n) is 1.94. The molecule has 0 saturated heterocycles. The Labute approximate surface area is 64.6 Å². The monoisotopic (exact) mass is 154 g/mol. The summed E-state index contributed by atoms with van der Waals surface area (Å²) in [5.74, 6) is 0. The van der Waals surface area contributed by atoms with Crippen molar-refractivity contribution in [3.63, 3.8) is 0 Å². The van der Waals surface area contributed by atoms with Crippen molar-refractivity contribution in [2.45, 2.75) is 18.2 Å². The van der Waals surface area contributed by atoms with Crippen LogP contribution in [0.25, 0.3) is 0 Å². The summed E-state index contributed by atoms with van der Waals surface area (Å²) in [6, 6.07) is 2.11. The first-order valence-corrected chi connectivity index (χ1v) is 4.76. The van der Waals surface area contributed by atoms with E-state index in [4.69, 9.17) is 0 Å². The fourth-order valence-corrected chi connectivity index (χ4v) is 2.15. The number of aryl methyl sites for hydroxylation is 1. The lowest BCUT2D eigenvalue weighted by Gasteiger charge is -2.06. The summed E-state index contributed by atoms with van der Waals surface area (Å²) in [5, 5.41) is 4.85. The molecule has 0 saturated carbocycles. The number of nitrogens with zero attached hydrogens (tertiary/aromatic N) is 2. The predicted molar refractivity (Wildman–Crippen MR) is 43.1 cm³/mol. The van der Waals surface area contributed by atoms with Gasteiger partial charge in [-0.2, -0.15) is 5.10 Å². The Hall–Kier alpha value is -0.440. The highest BCUT2D eigenvalue weighted by Crippen LogP contribution is 2.31. The average Bonchev–Trinajstić information content (AvgIpc) is 2.44. The lowest BCUT2D eigenvalue weighted by Crippen LogP contribution is -1.99. The Kier molecular flexibility index (Phi) is 1.45. The number of hydrogen-bond donors (Lipinski definition) is 0. The molecule has 0 spiro atoms. The topological polar surface area (TPSA) is 17.8 Å². The molecule has 54 valence electrons. The van der Waals surface area contributed by atoms with Crippen molar-refractivity contribution in [3.05, 3.63) is 18.0 Å². The Morgan fingerprint density at radius 1 is 1.80 bits per heavy atom. The second-order valence-corrected chi connectivity index (χ2v) is 3.51. The van der Waals surface area contributed by atoms with Crippen LogP contribution in [0.1, 0.15) is 17.5 Å². The van der Waals surface area contributed by atoms with Crippen molar-refractivity contribution in [3.8, 4) is 0 Å². The summed E-state index contributed by atoms with van der Waals surface area (Å²) in [7, 11) is 0. The van der Waals surface area contributed by atoms with Gasteiger partial charge < -0.3 is 0 Å². The van der Waals surface area contributed by atoms with Gasteiger partial charge in [-0.15, -0.1) is 11.8 Å². The summed E-state index contributed by atoms with van der Waals surface area (Å²) >= 11 is 1.88. The van der Waals surface area contributed by atoms with Gasteiger partial charge in [-0.3, -0.25) is 4.68 Å². The summed E-state index contributed by atoms with van der Waals surface area (Å²) in [5.41, 5.74) is 1.39. The van der Waals surface area contributed by atoms with E-state index in [9.17, 15) is 0 Å². The lowest BCUT2D eigenvalue weighted by atomic mass is 10.3. The van der Waals surface area contributed by atoms with E-state index in [0.717, 1.165) is 0 Å². The van der Waals surface area contributed by atoms with Crippen LogP contribution >= 0.6 is 11.8 Å². The van der Waals surface area contributed by atoms with Crippen molar-refractivity contribution < 1.29 is 0 Å². The fraction of sp³-hybridized carbons (Fsp3) is 0.571. The first-order chi connectivity index (χ1) is 4.92. The molecule has 0 aliphatic carbocycles. The third kappa shape index (κ3) is 0.770. The van der Waals surface area contributed by atoms with Gasteiger partial charge in [0.2, 0.25) is 0 Å². The van der Waals surface area contributed by atoms with Crippen LogP contribution in [0, 0.1) is 0 Å². The number of rotatable bonds is 1. The minimum atomic E-state index is 0.602. The van der Waals surface area contributed by atoms with E-state index < -0.39 is 0 Å². The molecule has 0 aromatic carbocycles. The molecule has 2 rings (SSSR count). The van der Waals surface area contributed by atoms with Crippen LogP contribution in [0.4, 0.5) is 0 Å². The molecule has 2 heterocycles. The molecule has 1 aliphatic heterocycles. The van der Waals surface area contributed by atoms with Crippen LogP contribution in [-0.4, -0.2) is 16.0 Å². The van der Waals surface area contributed by atoms with Crippen molar-refractivity contribution in [2.75, 3.05) is 6.26 Å². The van der Waals surface area contributed by atoms with E-state index in [2.05, 4.69) is 22.1 Å². The van der Waals surface area contributed by atoms with Gasteiger partial charge in [-0.05, 0) is 25.2 Å². The fourth-order valence-electron chi connectivity index (χ4n) is 1.41. The van der Waals surface area contributed by atoms with Gasteiger partial charge in [0.15, 0.2) is 0 Å². The molecule has 0 radical (unpaired) electrons. The van der Waals surface area contributed by atoms with Gasteiger partial charge >= 0.3 is 0 Å². The number of aromatic nitrogens is 2. The number of hydrogen-bond acceptors (Lipinski definition) is 2. The van der Waals surface area contributed by atoms with Crippen molar-refractivity contribution >= 4 is 11.8 Å². The zero-order valence-electron chi connectivity index (χ0n) is 5.95. The van der Waals surface area contributed by atoms with Crippen LogP contribution in [0.15, 0.2) is 12.3 Å². The molecular weight excluding hydrogens is 144 g/mol. The van der Waals surface area contributed by atoms with E-state index in [-0.39, 0.29) is 0 Å². The van der Waals surface area contributed by atoms with Gasteiger partial charge in [0.05, 0.1) is 5.37 Å². The Morgan fingerprint density at radius 2 is 2.70 bits per heavy atom. The zero-order valence-corrected chi connectivity index (χ0v) is 6.77. The van der Waals surface area contributed by atoms with E-state index in [1.54, 1.807) is 0 Å². The van der Waals surface area contributed by atoms with Gasteiger partial charge in [-0.25, -0.2) is 0 Å². The second-order valence-electron chi connectivity index (χ2n) is 2.50. The molecular formula is C7H10N2S. The summed E-state index contributed by atoms with van der Waals surface area (Å²) in [4.78, 5) is 0. The maximum absolute atomic E-state index is 4.24. The van der Waals surface area contributed by atoms with E-state index >= 15 is 0 Å². The SMILES string of the molecule is CSC1CCc2ccnn21. The van der Waals surface area contributed by atoms with Gasteiger partial charge in [0.25, 0.3) is 0 Å². The molecule has 0 bridgehead atoms. The normalized spacial score (nSPS) is 23.1. The van der Waals surface area contributed by atoms with Crippen molar-refractivity contribution in [1.29, 1.82) is 0 Å². The molecule has 1 unspecified atom stereocenters. The van der Waals surface area contributed by atoms with Crippen LogP contribution in [-0.2, 0) is 6.42 Å². The second kappa shape index (κ2) is 2.31. The van der Waals surface area contributed by atoms with E-state index in [1.165, 1.54) is 18.5 Å². The Bertz CT molecular complexity index is 231. The van der Waals surface area contributed by atoms with Gasteiger partial charge in [-0.1, -0.05) is 0 Å². The summed E-state index contributed by atoms with van der Waals surface area (Å²) < 4.78 is 2.13. The molecule has 1 aromatic rings. The third-order valence-corrected chi connectivity index (χ3v) is 2.92. The highest BCUT2D eigenvalue weighted by Gasteiger charge is 2.20. The van der Waals surface area contributed by atoms with Crippen LogP contribution in [0.3, 0.4) is 0 Å². The maximum Gasteiger partial charge on any atom is 0.0974 e. The minimum absolute atomic E-state index is 0.602. The van der Waals surface area contributed by atoms with Crippen LogP contribution < -0.4 is 0 Å². The first-order valence-electron chi connectivity index (χ1n) is 3.47. The van der Waals surface area contributed by atoms with Crippen molar-refractivity contribution in [1.82, 2.24) is 9.78 Å². The highest BCUT2D eigenvalue weighted by atomic mass is 32.2. The standard InChI is InChI=1S/C7H10N2S/c1-10-7-3-2-6-4-5-8-9(6)7/h4-5,7H,2-3H2,1H3. The summed E-state index contributed by atoms with van der Waals surface area (Å²) in [6.07, 6.45) is 6.48. The predicted octanol–water partition coefficient (Wildman–Crippen LogP) is 1.69. The zero-order chi connectivity index (χ0) is 6.97. The molecule has 0 amide bonds. The van der Waals surface area contributed by atoms with Gasteiger partial charge in [0.1, 0.15) is 0 Å². The average molecular weight is 154 g/mol. The molecule has 2 nitrogen and oxygen atoms in total. The molecule has 1 atom stereocenters. The number of thioether (sulfide) groups is 1. The maximum atomic E-state index is 4.24. The van der Waals surface area contributed by atoms with E-state index in [0.29, 0.717) is 5.37 Å². The molecule has 0 fully saturated rings. The van der Waals surface area contributed by atoms with Gasteiger partial charge in [0, 0.05) is 11.9 Å². The largest absolute Gasteiger partial charge is 0.257 e. The molecule has 1 aromatic heterocycles. The van der Waals surface area contributed by atoms with Crippen LogP contribution in [0.2, 0.25) is 0 Å². The summed E-state index contributed by atoms with van der Waals surface area (Å²) in [6.45, 7) is 0. The Balaban J connectivity index is 2.34. The van der Waals surface area contributed by atoms with E-state index in [1.807, 2.05) is 18.0 Å². The molecule has 1 aliphatic rings. The van der Waals surface area contributed by atoms with Crippen molar-refractivity contribution in [2.24, 2.45) is 0 Å². The Morgan fingerprint density at radius 3 is 3.50 bits per heavy atom. The molecule has 3 heteroatoms. The highest BCUT2D eigenvalue weighted by molar-refractivity contribution is 7.98. The minimum Gasteiger partial charge on any atom is -0.257 e. The lowest BCUT2D eigenvalue weighted by molar-refractivity contribution is 0.639. The first kappa shape index (κ1) is 6.28. The molecule has 0 N–H and O–H groups in total. The quantitative estimate of drug-likeness (QED) is 0.612. The number of fused-ring (bicyclic) bond motifs is 1. The smallest absolute Gasteiger partial charge is 0.0974 e.